The van der Waals surface area contributed by atoms with E-state index in [0.717, 1.165) is 11.1 Å². The maximum Gasteiger partial charge on any atom is 0.253 e. The Kier molecular flexibility index (Phi) is 4.30. The second-order valence-electron chi connectivity index (χ2n) is 6.00. The van der Waals surface area contributed by atoms with E-state index in [2.05, 4.69) is 10.3 Å². The van der Waals surface area contributed by atoms with E-state index < -0.39 is 12.1 Å². The van der Waals surface area contributed by atoms with E-state index in [1.165, 1.54) is 6.20 Å². The van der Waals surface area contributed by atoms with Gasteiger partial charge in [0.15, 0.2) is 0 Å². The minimum atomic E-state index is -0.612. The van der Waals surface area contributed by atoms with Crippen molar-refractivity contribution in [2.75, 3.05) is 0 Å². The number of carbonyl (C=O) groups excluding carboxylic acids is 1. The van der Waals surface area contributed by atoms with E-state index in [0.29, 0.717) is 17.7 Å². The Morgan fingerprint density at radius 3 is 2.91 bits per heavy atom. The van der Waals surface area contributed by atoms with Crippen molar-refractivity contribution < 1.29 is 14.6 Å². The Hall–Kier alpha value is -2.40. The number of nitrogens with one attached hydrogen (secondary N) is 1. The number of pyridine rings is 1. The Labute approximate surface area is 135 Å². The van der Waals surface area contributed by atoms with Gasteiger partial charge < -0.3 is 15.2 Å². The quantitative estimate of drug-likeness (QED) is 0.908. The van der Waals surface area contributed by atoms with Gasteiger partial charge in [-0.1, -0.05) is 24.3 Å². The lowest BCUT2D eigenvalue weighted by atomic mass is 10.1. The average molecular weight is 312 g/mol. The molecule has 0 saturated heterocycles. The van der Waals surface area contributed by atoms with Crippen LogP contribution in [0.3, 0.4) is 0 Å². The summed E-state index contributed by atoms with van der Waals surface area (Å²) in [5.41, 5.74) is 2.45. The van der Waals surface area contributed by atoms with Crippen LogP contribution in [0.2, 0.25) is 0 Å². The summed E-state index contributed by atoms with van der Waals surface area (Å²) >= 11 is 0. The number of aliphatic hydroxyl groups is 1. The third kappa shape index (κ3) is 3.35. The molecule has 23 heavy (non-hydrogen) atoms. The first kappa shape index (κ1) is 15.5. The molecule has 0 aliphatic heterocycles. The van der Waals surface area contributed by atoms with Crippen molar-refractivity contribution in [1.29, 1.82) is 0 Å². The van der Waals surface area contributed by atoms with Gasteiger partial charge in [0.2, 0.25) is 0 Å². The molecule has 1 aromatic carbocycles. The smallest absolute Gasteiger partial charge is 0.253 e. The molecule has 5 nitrogen and oxygen atoms in total. The van der Waals surface area contributed by atoms with E-state index >= 15 is 0 Å². The number of ether oxygens (including phenoxy) is 1. The molecule has 0 bridgehead atoms. The fourth-order valence-electron chi connectivity index (χ4n) is 2.85. The first-order chi connectivity index (χ1) is 11.0. The summed E-state index contributed by atoms with van der Waals surface area (Å²) in [5.74, 6) is 0.285. The largest absolute Gasteiger partial charge is 0.489 e. The van der Waals surface area contributed by atoms with Crippen LogP contribution in [-0.2, 0) is 6.42 Å². The zero-order valence-corrected chi connectivity index (χ0v) is 13.2. The number of hydrogen-bond acceptors (Lipinski definition) is 4. The highest BCUT2D eigenvalue weighted by atomic mass is 16.5. The van der Waals surface area contributed by atoms with E-state index in [1.807, 2.05) is 38.1 Å². The molecule has 5 heteroatoms. The zero-order valence-electron chi connectivity index (χ0n) is 13.2. The molecular formula is C18H20N2O3. The summed E-state index contributed by atoms with van der Waals surface area (Å²) in [5, 5.41) is 13.1. The molecule has 0 saturated carbocycles. The number of fused-ring (bicyclic) bond motifs is 1. The predicted octanol–water partition coefficient (Wildman–Crippen LogP) is 2.26. The van der Waals surface area contributed by atoms with Crippen molar-refractivity contribution in [2.45, 2.75) is 38.5 Å². The van der Waals surface area contributed by atoms with Crippen LogP contribution in [0.4, 0.5) is 0 Å². The minimum absolute atomic E-state index is 0.0126. The van der Waals surface area contributed by atoms with Gasteiger partial charge in [-0.05, 0) is 31.0 Å². The summed E-state index contributed by atoms with van der Waals surface area (Å²) in [6, 6.07) is 9.03. The van der Waals surface area contributed by atoms with Gasteiger partial charge in [-0.2, -0.15) is 0 Å². The van der Waals surface area contributed by atoms with Crippen molar-refractivity contribution >= 4 is 5.91 Å². The molecule has 2 N–H and O–H groups in total. The molecule has 0 spiro atoms. The Morgan fingerprint density at radius 1 is 1.35 bits per heavy atom. The highest BCUT2D eigenvalue weighted by Crippen LogP contribution is 2.31. The molecule has 1 heterocycles. The molecule has 1 amide bonds. The van der Waals surface area contributed by atoms with Crippen LogP contribution < -0.4 is 10.1 Å². The van der Waals surface area contributed by atoms with Gasteiger partial charge in [0.05, 0.1) is 30.0 Å². The fourth-order valence-corrected chi connectivity index (χ4v) is 2.85. The second-order valence-corrected chi connectivity index (χ2v) is 6.00. The highest BCUT2D eigenvalue weighted by Gasteiger charge is 2.32. The lowest BCUT2D eigenvalue weighted by Crippen LogP contribution is -2.33. The van der Waals surface area contributed by atoms with Crippen LogP contribution in [0.5, 0.6) is 5.75 Å². The van der Waals surface area contributed by atoms with Crippen LogP contribution in [-0.4, -0.2) is 28.2 Å². The number of benzene rings is 1. The van der Waals surface area contributed by atoms with Crippen molar-refractivity contribution in [1.82, 2.24) is 10.3 Å². The molecule has 1 aliphatic rings. The van der Waals surface area contributed by atoms with E-state index in [4.69, 9.17) is 4.74 Å². The number of amides is 1. The maximum absolute atomic E-state index is 12.5. The van der Waals surface area contributed by atoms with Crippen LogP contribution in [0.25, 0.3) is 0 Å². The molecule has 2 aromatic rings. The number of nitrogens with zero attached hydrogens (tertiary/aromatic N) is 1. The van der Waals surface area contributed by atoms with E-state index in [1.54, 1.807) is 12.3 Å². The number of aliphatic hydroxyl groups excluding tert-OH is 1. The first-order valence-electron chi connectivity index (χ1n) is 7.73. The van der Waals surface area contributed by atoms with E-state index in [9.17, 15) is 9.90 Å². The molecule has 2 unspecified atom stereocenters. The van der Waals surface area contributed by atoms with Crippen LogP contribution in [0.15, 0.2) is 42.7 Å². The zero-order chi connectivity index (χ0) is 16.4. The second kappa shape index (κ2) is 6.38. The number of rotatable bonds is 4. The molecule has 120 valence electrons. The Morgan fingerprint density at radius 2 is 2.13 bits per heavy atom. The van der Waals surface area contributed by atoms with Gasteiger partial charge in [-0.25, -0.2) is 0 Å². The van der Waals surface area contributed by atoms with Crippen molar-refractivity contribution in [3.8, 4) is 5.75 Å². The number of aromatic nitrogens is 1. The molecule has 2 atom stereocenters. The fraction of sp³-hybridized carbons (Fsp3) is 0.333. The SMILES string of the molecule is CC(C)Oc1cncc(C(=O)NC2c3ccccc3CC2O)c1. The van der Waals surface area contributed by atoms with Crippen LogP contribution >= 0.6 is 0 Å². The van der Waals surface area contributed by atoms with Gasteiger partial charge in [-0.3, -0.25) is 9.78 Å². The minimum Gasteiger partial charge on any atom is -0.489 e. The number of carbonyl (C=O) groups is 1. The third-order valence-corrected chi connectivity index (χ3v) is 3.84. The number of hydrogen-bond donors (Lipinski definition) is 2. The lowest BCUT2D eigenvalue weighted by Gasteiger charge is -2.18. The summed E-state index contributed by atoms with van der Waals surface area (Å²) < 4.78 is 5.56. The van der Waals surface area contributed by atoms with Crippen LogP contribution in [0, 0.1) is 0 Å². The molecule has 1 aliphatic carbocycles. The third-order valence-electron chi connectivity index (χ3n) is 3.84. The summed E-state index contributed by atoms with van der Waals surface area (Å²) in [6.07, 6.45) is 3.03. The highest BCUT2D eigenvalue weighted by molar-refractivity contribution is 5.94. The standard InChI is InChI=1S/C18H20N2O3/c1-11(2)23-14-7-13(9-19-10-14)18(22)20-17-15-6-4-3-5-12(15)8-16(17)21/h3-7,9-11,16-17,21H,8H2,1-2H3,(H,20,22). The van der Waals surface area contributed by atoms with Gasteiger partial charge in [0, 0.05) is 12.6 Å². The van der Waals surface area contributed by atoms with Crippen molar-refractivity contribution in [3.05, 3.63) is 59.4 Å². The van der Waals surface area contributed by atoms with Gasteiger partial charge in [0.1, 0.15) is 5.75 Å². The molecule has 0 radical (unpaired) electrons. The monoisotopic (exact) mass is 312 g/mol. The average Bonchev–Trinajstić information content (AvgIpc) is 2.83. The topological polar surface area (TPSA) is 71.5 Å². The molecule has 1 aromatic heterocycles. The summed E-state index contributed by atoms with van der Waals surface area (Å²) in [7, 11) is 0. The Balaban J connectivity index is 1.77. The molecule has 3 rings (SSSR count). The maximum atomic E-state index is 12.5. The normalized spacial score (nSPS) is 19.5. The predicted molar refractivity (Wildman–Crippen MR) is 86.4 cm³/mol. The summed E-state index contributed by atoms with van der Waals surface area (Å²) in [6.45, 7) is 3.83. The van der Waals surface area contributed by atoms with Crippen LogP contribution in [0.1, 0.15) is 41.4 Å². The van der Waals surface area contributed by atoms with Gasteiger partial charge in [-0.15, -0.1) is 0 Å². The van der Waals surface area contributed by atoms with Crippen molar-refractivity contribution in [3.63, 3.8) is 0 Å². The molecular weight excluding hydrogens is 292 g/mol. The summed E-state index contributed by atoms with van der Waals surface area (Å²) in [4.78, 5) is 16.5. The molecule has 0 fully saturated rings. The lowest BCUT2D eigenvalue weighted by molar-refractivity contribution is 0.0857. The first-order valence-corrected chi connectivity index (χ1v) is 7.73. The van der Waals surface area contributed by atoms with E-state index in [-0.39, 0.29) is 12.0 Å². The Bertz CT molecular complexity index is 715. The van der Waals surface area contributed by atoms with Gasteiger partial charge >= 0.3 is 0 Å². The van der Waals surface area contributed by atoms with Gasteiger partial charge in [0.25, 0.3) is 5.91 Å². The van der Waals surface area contributed by atoms with Crippen molar-refractivity contribution in [2.24, 2.45) is 0 Å².